The summed E-state index contributed by atoms with van der Waals surface area (Å²) in [5.74, 6) is 1.08. The molecule has 0 aliphatic rings. The van der Waals surface area contributed by atoms with Crippen LogP contribution in [0.15, 0.2) is 37.1 Å². The second-order valence-corrected chi connectivity index (χ2v) is 7.81. The number of hydrogen-bond acceptors (Lipinski definition) is 8. The molecule has 3 N–H and O–H groups in total. The zero-order valence-electron chi connectivity index (χ0n) is 18.3. The lowest BCUT2D eigenvalue weighted by Gasteiger charge is -2.23. The predicted molar refractivity (Wildman–Crippen MR) is 125 cm³/mol. The van der Waals surface area contributed by atoms with E-state index in [1.807, 2.05) is 13.8 Å². The predicted octanol–water partition coefficient (Wildman–Crippen LogP) is 4.57. The standard InChI is InChI=1S/C23H22ClN7O2/c1-4-33-21-15(12(2)31-23-20-22(28-10-27-20)29-11-30-23)7-17(24)16(8-25)19(21)14-5-6-18(13(3)32)26-9-14/h5-7,9-13,32H,4H2,1-3H3,(H2,27,28,29,30,31). The minimum absolute atomic E-state index is 0.291. The molecule has 0 radical (unpaired) electrons. The van der Waals surface area contributed by atoms with E-state index in [0.29, 0.717) is 56.7 Å². The molecule has 3 heterocycles. The number of nitrogens with one attached hydrogen (secondary N) is 2. The van der Waals surface area contributed by atoms with Gasteiger partial charge in [0.05, 0.1) is 41.4 Å². The molecule has 0 amide bonds. The Morgan fingerprint density at radius 1 is 1.24 bits per heavy atom. The number of pyridine rings is 1. The van der Waals surface area contributed by atoms with E-state index in [-0.39, 0.29) is 6.04 Å². The van der Waals surface area contributed by atoms with Crippen molar-refractivity contribution in [2.24, 2.45) is 0 Å². The van der Waals surface area contributed by atoms with Gasteiger partial charge in [-0.05, 0) is 32.9 Å². The van der Waals surface area contributed by atoms with E-state index in [1.165, 1.54) is 6.33 Å². The summed E-state index contributed by atoms with van der Waals surface area (Å²) in [4.78, 5) is 20.1. The van der Waals surface area contributed by atoms with Crippen molar-refractivity contribution >= 4 is 28.6 Å². The third kappa shape index (κ3) is 4.31. The van der Waals surface area contributed by atoms with Crippen molar-refractivity contribution in [3.05, 3.63) is 58.9 Å². The molecule has 0 fully saturated rings. The first-order chi connectivity index (χ1) is 15.9. The van der Waals surface area contributed by atoms with Gasteiger partial charge < -0.3 is 20.1 Å². The summed E-state index contributed by atoms with van der Waals surface area (Å²) in [6.45, 7) is 5.84. The fourth-order valence-electron chi connectivity index (χ4n) is 3.61. The molecule has 0 aliphatic carbocycles. The lowest BCUT2D eigenvalue weighted by molar-refractivity contribution is 0.194. The van der Waals surface area contributed by atoms with Crippen molar-refractivity contribution in [2.75, 3.05) is 11.9 Å². The number of hydrogen-bond donors (Lipinski definition) is 3. The molecule has 4 aromatic rings. The van der Waals surface area contributed by atoms with Gasteiger partial charge in [-0.25, -0.2) is 15.0 Å². The highest BCUT2D eigenvalue weighted by Crippen LogP contribution is 2.43. The normalized spacial score (nSPS) is 12.8. The number of halogens is 1. The summed E-state index contributed by atoms with van der Waals surface area (Å²) in [6.07, 6.45) is 3.91. The van der Waals surface area contributed by atoms with Gasteiger partial charge in [0.25, 0.3) is 0 Å². The number of aliphatic hydroxyl groups excluding tert-OH is 1. The maximum Gasteiger partial charge on any atom is 0.162 e. The van der Waals surface area contributed by atoms with E-state index in [4.69, 9.17) is 16.3 Å². The number of rotatable bonds is 7. The quantitative estimate of drug-likeness (QED) is 0.363. The SMILES string of the molecule is CCOc1c(C(C)Nc2ncnc3[nH]cnc23)cc(Cl)c(C#N)c1-c1ccc(C(C)O)nc1. The van der Waals surface area contributed by atoms with Crippen molar-refractivity contribution in [3.63, 3.8) is 0 Å². The fourth-order valence-corrected chi connectivity index (χ4v) is 3.87. The molecule has 33 heavy (non-hydrogen) atoms. The van der Waals surface area contributed by atoms with Gasteiger partial charge in [0.2, 0.25) is 0 Å². The second kappa shape index (κ2) is 9.40. The summed E-state index contributed by atoms with van der Waals surface area (Å²) in [6, 6.07) is 7.14. The maximum absolute atomic E-state index is 9.86. The molecule has 2 unspecified atom stereocenters. The van der Waals surface area contributed by atoms with Gasteiger partial charge >= 0.3 is 0 Å². The third-order valence-electron chi connectivity index (χ3n) is 5.20. The van der Waals surface area contributed by atoms with Crippen molar-refractivity contribution in [2.45, 2.75) is 32.9 Å². The lowest BCUT2D eigenvalue weighted by atomic mass is 9.94. The first-order valence-corrected chi connectivity index (χ1v) is 10.8. The van der Waals surface area contributed by atoms with Crippen LogP contribution in [0.5, 0.6) is 5.75 Å². The Labute approximate surface area is 195 Å². The van der Waals surface area contributed by atoms with E-state index in [1.54, 1.807) is 37.6 Å². The monoisotopic (exact) mass is 463 g/mol. The van der Waals surface area contributed by atoms with Crippen molar-refractivity contribution in [1.29, 1.82) is 5.26 Å². The van der Waals surface area contributed by atoms with Crippen molar-refractivity contribution < 1.29 is 9.84 Å². The molecule has 0 spiro atoms. The Hall–Kier alpha value is -3.74. The minimum atomic E-state index is -0.702. The largest absolute Gasteiger partial charge is 0.493 e. The number of ether oxygens (including phenoxy) is 1. The topological polar surface area (TPSA) is 133 Å². The number of anilines is 1. The molecule has 3 aromatic heterocycles. The minimum Gasteiger partial charge on any atom is -0.493 e. The van der Waals surface area contributed by atoms with Gasteiger partial charge in [-0.15, -0.1) is 0 Å². The van der Waals surface area contributed by atoms with Gasteiger partial charge in [0.15, 0.2) is 11.5 Å². The Morgan fingerprint density at radius 3 is 2.73 bits per heavy atom. The summed E-state index contributed by atoms with van der Waals surface area (Å²) < 4.78 is 6.05. The average molecular weight is 464 g/mol. The number of H-pyrrole nitrogens is 1. The molecule has 0 bridgehead atoms. The van der Waals surface area contributed by atoms with Crippen LogP contribution in [0.1, 0.15) is 49.7 Å². The number of aliphatic hydroxyl groups is 1. The summed E-state index contributed by atoms with van der Waals surface area (Å²) >= 11 is 6.55. The Bertz CT molecular complexity index is 1330. The van der Waals surface area contributed by atoms with Crippen LogP contribution in [0.4, 0.5) is 5.82 Å². The molecule has 9 nitrogen and oxygen atoms in total. The molecule has 2 atom stereocenters. The van der Waals surface area contributed by atoms with E-state index in [9.17, 15) is 10.4 Å². The number of aromatic nitrogens is 5. The highest BCUT2D eigenvalue weighted by molar-refractivity contribution is 6.32. The van der Waals surface area contributed by atoms with Crippen LogP contribution < -0.4 is 10.1 Å². The molecule has 168 valence electrons. The van der Waals surface area contributed by atoms with Crippen LogP contribution in [-0.2, 0) is 0 Å². The Balaban J connectivity index is 1.84. The number of benzene rings is 1. The van der Waals surface area contributed by atoms with Crippen LogP contribution in [0.25, 0.3) is 22.3 Å². The van der Waals surface area contributed by atoms with Gasteiger partial charge in [-0.1, -0.05) is 17.7 Å². The Morgan fingerprint density at radius 2 is 2.06 bits per heavy atom. The molecule has 10 heteroatoms. The number of nitriles is 1. The van der Waals surface area contributed by atoms with Gasteiger partial charge in [-0.3, -0.25) is 4.98 Å². The Kier molecular flexibility index (Phi) is 6.40. The van der Waals surface area contributed by atoms with Crippen LogP contribution in [-0.4, -0.2) is 36.6 Å². The van der Waals surface area contributed by atoms with E-state index < -0.39 is 6.10 Å². The van der Waals surface area contributed by atoms with E-state index in [0.717, 1.165) is 5.56 Å². The van der Waals surface area contributed by atoms with Crippen molar-refractivity contribution in [3.8, 4) is 22.9 Å². The van der Waals surface area contributed by atoms with Crippen molar-refractivity contribution in [1.82, 2.24) is 24.9 Å². The van der Waals surface area contributed by atoms with Crippen LogP contribution in [0, 0.1) is 11.3 Å². The molecule has 0 aliphatic heterocycles. The summed E-state index contributed by atoms with van der Waals surface area (Å²) in [5.41, 5.74) is 4.00. The van der Waals surface area contributed by atoms with E-state index in [2.05, 4.69) is 36.3 Å². The first-order valence-electron chi connectivity index (χ1n) is 10.4. The fraction of sp³-hybridized carbons (Fsp3) is 0.261. The summed E-state index contributed by atoms with van der Waals surface area (Å²) in [7, 11) is 0. The number of aromatic amines is 1. The first kappa shape index (κ1) is 22.5. The van der Waals surface area contributed by atoms with Gasteiger partial charge in [0, 0.05) is 22.9 Å². The van der Waals surface area contributed by atoms with Crippen LogP contribution >= 0.6 is 11.6 Å². The van der Waals surface area contributed by atoms with Crippen LogP contribution in [0.3, 0.4) is 0 Å². The highest BCUT2D eigenvalue weighted by Gasteiger charge is 2.24. The molecule has 0 saturated carbocycles. The molecular weight excluding hydrogens is 442 g/mol. The number of imidazole rings is 1. The molecule has 0 saturated heterocycles. The second-order valence-electron chi connectivity index (χ2n) is 7.41. The molecular formula is C23H22ClN7O2. The number of fused-ring (bicyclic) bond motifs is 1. The average Bonchev–Trinajstić information content (AvgIpc) is 3.30. The number of nitrogens with zero attached hydrogens (tertiary/aromatic N) is 5. The highest BCUT2D eigenvalue weighted by atomic mass is 35.5. The lowest BCUT2D eigenvalue weighted by Crippen LogP contribution is -2.12. The van der Waals surface area contributed by atoms with E-state index >= 15 is 0 Å². The smallest absolute Gasteiger partial charge is 0.162 e. The molecule has 4 rings (SSSR count). The zero-order valence-corrected chi connectivity index (χ0v) is 19.1. The molecule has 1 aromatic carbocycles. The van der Waals surface area contributed by atoms with Gasteiger partial charge in [-0.2, -0.15) is 5.26 Å². The van der Waals surface area contributed by atoms with Crippen LogP contribution in [0.2, 0.25) is 5.02 Å². The van der Waals surface area contributed by atoms with Gasteiger partial charge in [0.1, 0.15) is 23.7 Å². The third-order valence-corrected chi connectivity index (χ3v) is 5.50. The zero-order chi connectivity index (χ0) is 23.5. The maximum atomic E-state index is 9.86. The summed E-state index contributed by atoms with van der Waals surface area (Å²) in [5, 5.41) is 23.3.